The molecule has 2 aliphatic rings. The predicted molar refractivity (Wildman–Crippen MR) is 51.1 cm³/mol. The Kier molecular flexibility index (Phi) is 2.74. The highest BCUT2D eigenvalue weighted by Gasteiger charge is 2.40. The summed E-state index contributed by atoms with van der Waals surface area (Å²) in [5.41, 5.74) is 0. The van der Waals surface area contributed by atoms with Gasteiger partial charge in [-0.2, -0.15) is 0 Å². The van der Waals surface area contributed by atoms with E-state index in [2.05, 4.69) is 11.8 Å². The van der Waals surface area contributed by atoms with Crippen LogP contribution in [0.3, 0.4) is 0 Å². The molecule has 0 bridgehead atoms. The van der Waals surface area contributed by atoms with E-state index in [-0.39, 0.29) is 0 Å². The lowest BCUT2D eigenvalue weighted by Crippen LogP contribution is -2.58. The highest BCUT2D eigenvalue weighted by molar-refractivity contribution is 5.73. The average Bonchev–Trinajstić information content (AvgIpc) is 2.16. The monoisotopic (exact) mass is 199 g/mol. The molecule has 1 aliphatic carbocycles. The van der Waals surface area contributed by atoms with Crippen molar-refractivity contribution in [2.45, 2.75) is 31.8 Å². The van der Waals surface area contributed by atoms with Gasteiger partial charge in [0.2, 0.25) is 0 Å². The number of carboxylic acids is 1. The maximum Gasteiger partial charge on any atom is 0.323 e. The zero-order valence-corrected chi connectivity index (χ0v) is 8.48. The Morgan fingerprint density at radius 1 is 1.50 bits per heavy atom. The van der Waals surface area contributed by atoms with Gasteiger partial charge in [0.05, 0.1) is 13.2 Å². The third kappa shape index (κ3) is 1.64. The van der Waals surface area contributed by atoms with E-state index in [4.69, 9.17) is 9.84 Å². The van der Waals surface area contributed by atoms with Gasteiger partial charge in [0, 0.05) is 12.6 Å². The van der Waals surface area contributed by atoms with Gasteiger partial charge in [-0.25, -0.2) is 0 Å². The first kappa shape index (κ1) is 9.93. The molecule has 14 heavy (non-hydrogen) atoms. The van der Waals surface area contributed by atoms with Crippen LogP contribution in [0.1, 0.15) is 19.8 Å². The summed E-state index contributed by atoms with van der Waals surface area (Å²) in [6, 6.07) is 0.0523. The van der Waals surface area contributed by atoms with E-state index in [1.165, 1.54) is 6.42 Å². The number of morpholine rings is 1. The summed E-state index contributed by atoms with van der Waals surface area (Å²) in [7, 11) is 0. The Bertz CT molecular complexity index is 231. The summed E-state index contributed by atoms with van der Waals surface area (Å²) in [4.78, 5) is 13.1. The topological polar surface area (TPSA) is 49.8 Å². The van der Waals surface area contributed by atoms with Gasteiger partial charge in [0.25, 0.3) is 0 Å². The summed E-state index contributed by atoms with van der Waals surface area (Å²) in [5.74, 6) is -0.0984. The van der Waals surface area contributed by atoms with Gasteiger partial charge in [-0.3, -0.25) is 9.69 Å². The van der Waals surface area contributed by atoms with Crippen molar-refractivity contribution in [3.8, 4) is 0 Å². The minimum absolute atomic E-state index is 0.346. The molecule has 0 amide bonds. The first-order valence-electron chi connectivity index (χ1n) is 5.26. The number of carboxylic acid groups (broad SMARTS) is 1. The molecule has 0 spiro atoms. The molecule has 1 saturated carbocycles. The van der Waals surface area contributed by atoms with E-state index in [0.717, 1.165) is 13.0 Å². The van der Waals surface area contributed by atoms with Crippen LogP contribution in [0.4, 0.5) is 0 Å². The van der Waals surface area contributed by atoms with Crippen LogP contribution in [0.25, 0.3) is 0 Å². The highest BCUT2D eigenvalue weighted by Crippen LogP contribution is 2.33. The van der Waals surface area contributed by atoms with Gasteiger partial charge < -0.3 is 9.84 Å². The minimum atomic E-state index is -0.746. The maximum atomic E-state index is 11.0. The maximum absolute atomic E-state index is 11.0. The van der Waals surface area contributed by atoms with E-state index in [9.17, 15) is 4.79 Å². The fraction of sp³-hybridized carbons (Fsp3) is 0.900. The van der Waals surface area contributed by atoms with E-state index in [1.54, 1.807) is 0 Å². The summed E-state index contributed by atoms with van der Waals surface area (Å²) in [6.07, 6.45) is 2.37. The van der Waals surface area contributed by atoms with Crippen LogP contribution in [0, 0.1) is 5.92 Å². The fourth-order valence-electron chi connectivity index (χ4n) is 2.37. The van der Waals surface area contributed by atoms with Crippen molar-refractivity contribution >= 4 is 5.97 Å². The molecule has 1 saturated heterocycles. The molecule has 0 radical (unpaired) electrons. The first-order valence-corrected chi connectivity index (χ1v) is 5.26. The molecule has 2 fully saturated rings. The number of hydrogen-bond donors (Lipinski definition) is 1. The number of rotatable bonds is 2. The molecule has 1 heterocycles. The Hall–Kier alpha value is -0.610. The van der Waals surface area contributed by atoms with Crippen molar-refractivity contribution in [2.75, 3.05) is 19.8 Å². The Labute approximate surface area is 83.8 Å². The lowest BCUT2D eigenvalue weighted by atomic mass is 9.79. The van der Waals surface area contributed by atoms with E-state index in [0.29, 0.717) is 25.2 Å². The zero-order chi connectivity index (χ0) is 10.1. The standard InChI is InChI=1S/C10H17NO3/c1-7-2-3-8(7)11-4-5-14-6-9(11)10(12)13/h7-9H,2-6H2,1H3,(H,12,13). The van der Waals surface area contributed by atoms with Crippen LogP contribution in [0.5, 0.6) is 0 Å². The average molecular weight is 199 g/mol. The third-order valence-corrected chi connectivity index (χ3v) is 3.46. The molecule has 4 heteroatoms. The molecule has 4 nitrogen and oxygen atoms in total. The van der Waals surface area contributed by atoms with Crippen molar-refractivity contribution in [3.63, 3.8) is 0 Å². The van der Waals surface area contributed by atoms with Crippen LogP contribution >= 0.6 is 0 Å². The third-order valence-electron chi connectivity index (χ3n) is 3.46. The normalized spacial score (nSPS) is 39.1. The number of carbonyl (C=O) groups is 1. The molecule has 1 aliphatic heterocycles. The smallest absolute Gasteiger partial charge is 0.323 e. The molecule has 80 valence electrons. The minimum Gasteiger partial charge on any atom is -0.480 e. The van der Waals surface area contributed by atoms with Crippen molar-refractivity contribution < 1.29 is 14.6 Å². The predicted octanol–water partition coefficient (Wildman–Crippen LogP) is 0.570. The quantitative estimate of drug-likeness (QED) is 0.706. The van der Waals surface area contributed by atoms with E-state index >= 15 is 0 Å². The Morgan fingerprint density at radius 3 is 2.79 bits per heavy atom. The fourth-order valence-corrected chi connectivity index (χ4v) is 2.37. The number of nitrogens with zero attached hydrogens (tertiary/aromatic N) is 1. The Balaban J connectivity index is 2.02. The molecule has 2 rings (SSSR count). The van der Waals surface area contributed by atoms with Crippen LogP contribution in [-0.2, 0) is 9.53 Å². The van der Waals surface area contributed by atoms with Crippen molar-refractivity contribution in [1.82, 2.24) is 4.90 Å². The van der Waals surface area contributed by atoms with Gasteiger partial charge >= 0.3 is 5.97 Å². The lowest BCUT2D eigenvalue weighted by Gasteiger charge is -2.47. The van der Waals surface area contributed by atoms with Gasteiger partial charge in [0.1, 0.15) is 6.04 Å². The van der Waals surface area contributed by atoms with E-state index in [1.807, 2.05) is 0 Å². The van der Waals surface area contributed by atoms with Crippen LogP contribution in [0.2, 0.25) is 0 Å². The molecule has 3 unspecified atom stereocenters. The van der Waals surface area contributed by atoms with Gasteiger partial charge in [-0.15, -0.1) is 0 Å². The molecule has 0 aromatic rings. The first-order chi connectivity index (χ1) is 6.70. The summed E-state index contributed by atoms with van der Waals surface area (Å²) < 4.78 is 5.21. The zero-order valence-electron chi connectivity index (χ0n) is 8.48. The second-order valence-electron chi connectivity index (χ2n) is 4.29. The summed E-state index contributed by atoms with van der Waals surface area (Å²) in [6.45, 7) is 3.99. The molecule has 1 N–H and O–H groups in total. The number of aliphatic carboxylic acids is 1. The number of hydrogen-bond acceptors (Lipinski definition) is 3. The van der Waals surface area contributed by atoms with Crippen LogP contribution in [-0.4, -0.2) is 47.8 Å². The summed E-state index contributed by atoms with van der Waals surface area (Å²) >= 11 is 0. The Morgan fingerprint density at radius 2 is 2.29 bits per heavy atom. The van der Waals surface area contributed by atoms with Gasteiger partial charge in [-0.05, 0) is 18.8 Å². The van der Waals surface area contributed by atoms with Gasteiger partial charge in [-0.1, -0.05) is 6.92 Å². The second kappa shape index (κ2) is 3.87. The molecular formula is C10H17NO3. The molecule has 3 atom stereocenters. The lowest BCUT2D eigenvalue weighted by molar-refractivity contribution is -0.154. The second-order valence-corrected chi connectivity index (χ2v) is 4.29. The van der Waals surface area contributed by atoms with Crippen molar-refractivity contribution in [2.24, 2.45) is 5.92 Å². The number of ether oxygens (including phenoxy) is 1. The van der Waals surface area contributed by atoms with Gasteiger partial charge in [0.15, 0.2) is 0 Å². The van der Waals surface area contributed by atoms with Crippen LogP contribution < -0.4 is 0 Å². The largest absolute Gasteiger partial charge is 0.480 e. The highest BCUT2D eigenvalue weighted by atomic mass is 16.5. The molecular weight excluding hydrogens is 182 g/mol. The molecule has 0 aromatic heterocycles. The SMILES string of the molecule is CC1CCC1N1CCOCC1C(=O)O. The summed E-state index contributed by atoms with van der Waals surface area (Å²) in [5, 5.41) is 9.04. The van der Waals surface area contributed by atoms with Crippen LogP contribution in [0.15, 0.2) is 0 Å². The van der Waals surface area contributed by atoms with Crippen molar-refractivity contribution in [3.05, 3.63) is 0 Å². The molecule has 0 aromatic carbocycles. The van der Waals surface area contributed by atoms with E-state index < -0.39 is 12.0 Å². The van der Waals surface area contributed by atoms with Crippen molar-refractivity contribution in [1.29, 1.82) is 0 Å².